The smallest absolute Gasteiger partial charge is 0.324 e. The van der Waals surface area contributed by atoms with Gasteiger partial charge >= 0.3 is 5.00 Å². The lowest BCUT2D eigenvalue weighted by molar-refractivity contribution is -0.380. The lowest BCUT2D eigenvalue weighted by atomic mass is 9.93. The van der Waals surface area contributed by atoms with E-state index in [4.69, 9.17) is 0 Å². The maximum atomic E-state index is 12.3. The molecule has 2 fully saturated rings. The minimum atomic E-state index is -0.450. The highest BCUT2D eigenvalue weighted by atomic mass is 35.5. The van der Waals surface area contributed by atoms with Gasteiger partial charge in [0.25, 0.3) is 5.91 Å². The van der Waals surface area contributed by atoms with Crippen LogP contribution in [0.15, 0.2) is 12.1 Å². The third-order valence-electron chi connectivity index (χ3n) is 3.93. The number of carbonyl (C=O) groups excluding carboxylic acids is 1. The van der Waals surface area contributed by atoms with E-state index in [9.17, 15) is 14.9 Å². The number of hydrogen-bond donors (Lipinski definition) is 1. The summed E-state index contributed by atoms with van der Waals surface area (Å²) in [6.07, 6.45) is 2.09. The topological polar surface area (TPSA) is 75.5 Å². The molecule has 2 atom stereocenters. The Morgan fingerprint density at radius 2 is 2.25 bits per heavy atom. The summed E-state index contributed by atoms with van der Waals surface area (Å²) in [5, 5.41) is 14.1. The fourth-order valence-electron chi connectivity index (χ4n) is 2.93. The largest absolute Gasteiger partial charge is 0.338 e. The van der Waals surface area contributed by atoms with Crippen LogP contribution in [-0.4, -0.2) is 41.4 Å². The molecular formula is C12H16ClN3O3S. The number of fused-ring (bicyclic) bond motifs is 1. The Kier molecular flexibility index (Phi) is 4.62. The van der Waals surface area contributed by atoms with E-state index in [1.807, 2.05) is 4.90 Å². The highest BCUT2D eigenvalue weighted by Crippen LogP contribution is 2.29. The fraction of sp³-hybridized carbons (Fsp3) is 0.583. The van der Waals surface area contributed by atoms with Crippen LogP contribution in [0, 0.1) is 16.0 Å². The summed E-state index contributed by atoms with van der Waals surface area (Å²) in [6, 6.07) is 3.51. The minimum Gasteiger partial charge on any atom is -0.338 e. The Balaban J connectivity index is 0.00000147. The van der Waals surface area contributed by atoms with Gasteiger partial charge in [-0.25, -0.2) is 0 Å². The highest BCUT2D eigenvalue weighted by molar-refractivity contribution is 7.17. The van der Waals surface area contributed by atoms with E-state index in [0.717, 1.165) is 43.8 Å². The van der Waals surface area contributed by atoms with Crippen LogP contribution in [0.25, 0.3) is 0 Å². The third-order valence-corrected chi connectivity index (χ3v) is 4.95. The van der Waals surface area contributed by atoms with Crippen molar-refractivity contribution in [1.82, 2.24) is 10.2 Å². The first-order valence-electron chi connectivity index (χ1n) is 6.42. The quantitative estimate of drug-likeness (QED) is 0.667. The number of nitrogens with one attached hydrogen (secondary N) is 1. The number of hydrogen-bond acceptors (Lipinski definition) is 5. The van der Waals surface area contributed by atoms with Gasteiger partial charge in [-0.3, -0.25) is 14.9 Å². The number of amides is 1. The minimum absolute atomic E-state index is 0. The third kappa shape index (κ3) is 2.79. The normalized spacial score (nSPS) is 24.9. The first-order valence-corrected chi connectivity index (χ1v) is 7.23. The number of nitrogens with zero attached hydrogens (tertiary/aromatic N) is 2. The Labute approximate surface area is 126 Å². The first-order chi connectivity index (χ1) is 9.15. The zero-order chi connectivity index (χ0) is 13.4. The molecule has 6 nitrogen and oxygen atoms in total. The molecule has 2 saturated heterocycles. The van der Waals surface area contributed by atoms with Gasteiger partial charge in [-0.2, -0.15) is 0 Å². The molecule has 1 amide bonds. The fourth-order valence-corrected chi connectivity index (χ4v) is 3.72. The SMILES string of the molecule is Cl.O=C(c1ccc([N+](=O)[O-])s1)N1CCC2NCCC2C1. The van der Waals surface area contributed by atoms with Crippen LogP contribution >= 0.6 is 23.7 Å². The predicted octanol–water partition coefficient (Wildman–Crippen LogP) is 1.90. The molecule has 20 heavy (non-hydrogen) atoms. The molecule has 0 radical (unpaired) electrons. The van der Waals surface area contributed by atoms with Gasteiger partial charge in [-0.05, 0) is 31.4 Å². The van der Waals surface area contributed by atoms with Crippen molar-refractivity contribution in [2.24, 2.45) is 5.92 Å². The molecular weight excluding hydrogens is 302 g/mol. The molecule has 2 aliphatic rings. The Hall–Kier alpha value is -1.18. The molecule has 0 aromatic carbocycles. The van der Waals surface area contributed by atoms with Crippen molar-refractivity contribution < 1.29 is 9.72 Å². The molecule has 0 aliphatic carbocycles. The van der Waals surface area contributed by atoms with E-state index < -0.39 is 4.92 Å². The molecule has 0 bridgehead atoms. The second kappa shape index (κ2) is 6.07. The zero-order valence-electron chi connectivity index (χ0n) is 10.8. The van der Waals surface area contributed by atoms with Gasteiger partial charge in [0.15, 0.2) is 0 Å². The van der Waals surface area contributed by atoms with Gasteiger partial charge in [0.1, 0.15) is 0 Å². The first kappa shape index (κ1) is 15.2. The van der Waals surface area contributed by atoms with Crippen LogP contribution in [0.4, 0.5) is 5.00 Å². The van der Waals surface area contributed by atoms with E-state index in [1.54, 1.807) is 6.07 Å². The molecule has 0 spiro atoms. The van der Waals surface area contributed by atoms with Crippen LogP contribution in [0.2, 0.25) is 0 Å². The molecule has 3 heterocycles. The Morgan fingerprint density at radius 1 is 1.45 bits per heavy atom. The van der Waals surface area contributed by atoms with Crippen molar-refractivity contribution in [2.75, 3.05) is 19.6 Å². The van der Waals surface area contributed by atoms with E-state index in [-0.39, 0.29) is 23.3 Å². The van der Waals surface area contributed by atoms with E-state index >= 15 is 0 Å². The summed E-state index contributed by atoms with van der Waals surface area (Å²) in [5.41, 5.74) is 0. The van der Waals surface area contributed by atoms with Gasteiger partial charge in [0.2, 0.25) is 0 Å². The molecule has 3 rings (SSSR count). The number of rotatable bonds is 2. The zero-order valence-corrected chi connectivity index (χ0v) is 12.4. The van der Waals surface area contributed by atoms with Gasteiger partial charge in [-0.1, -0.05) is 11.3 Å². The maximum absolute atomic E-state index is 12.3. The van der Waals surface area contributed by atoms with Gasteiger partial charge in [0, 0.05) is 25.2 Å². The average molecular weight is 318 g/mol. The lowest BCUT2D eigenvalue weighted by Crippen LogP contribution is -2.46. The molecule has 8 heteroatoms. The summed E-state index contributed by atoms with van der Waals surface area (Å²) in [7, 11) is 0. The van der Waals surface area contributed by atoms with Crippen molar-refractivity contribution >= 4 is 34.7 Å². The molecule has 1 N–H and O–H groups in total. The van der Waals surface area contributed by atoms with Crippen molar-refractivity contribution in [2.45, 2.75) is 18.9 Å². The molecule has 1 aromatic heterocycles. The standard InChI is InChI=1S/C12H15N3O3S.ClH/c16-12(10-1-2-11(19-10)15(17)18)14-6-4-9-8(7-14)3-5-13-9;/h1-2,8-9,13H,3-7H2;1H. The molecule has 2 unspecified atom stereocenters. The maximum Gasteiger partial charge on any atom is 0.324 e. The van der Waals surface area contributed by atoms with E-state index in [0.29, 0.717) is 16.8 Å². The van der Waals surface area contributed by atoms with Crippen LogP contribution in [-0.2, 0) is 0 Å². The molecule has 0 saturated carbocycles. The average Bonchev–Trinajstić information content (AvgIpc) is 3.06. The summed E-state index contributed by atoms with van der Waals surface area (Å²) in [5.74, 6) is 0.469. The van der Waals surface area contributed by atoms with E-state index in [1.165, 1.54) is 6.07 Å². The second-order valence-electron chi connectivity index (χ2n) is 5.04. The number of halogens is 1. The highest BCUT2D eigenvalue weighted by Gasteiger charge is 2.35. The molecule has 110 valence electrons. The molecule has 1 aromatic rings. The van der Waals surface area contributed by atoms with Gasteiger partial charge in [-0.15, -0.1) is 12.4 Å². The van der Waals surface area contributed by atoms with Crippen LogP contribution < -0.4 is 5.32 Å². The predicted molar refractivity (Wildman–Crippen MR) is 78.6 cm³/mol. The Morgan fingerprint density at radius 3 is 2.95 bits per heavy atom. The summed E-state index contributed by atoms with van der Waals surface area (Å²) >= 11 is 0.962. The number of piperidine rings is 1. The number of thiophene rings is 1. The molecule has 2 aliphatic heterocycles. The number of carbonyl (C=O) groups is 1. The second-order valence-corrected chi connectivity index (χ2v) is 6.11. The van der Waals surface area contributed by atoms with Crippen molar-refractivity contribution in [3.05, 3.63) is 27.1 Å². The Bertz CT molecular complexity index is 522. The summed E-state index contributed by atoms with van der Waals surface area (Å²) in [4.78, 5) is 24.8. The van der Waals surface area contributed by atoms with Crippen LogP contribution in [0.1, 0.15) is 22.5 Å². The number of nitro groups is 1. The monoisotopic (exact) mass is 317 g/mol. The van der Waals surface area contributed by atoms with E-state index in [2.05, 4.69) is 5.32 Å². The van der Waals surface area contributed by atoms with Crippen LogP contribution in [0.5, 0.6) is 0 Å². The number of likely N-dealkylation sites (tertiary alicyclic amines) is 1. The van der Waals surface area contributed by atoms with Gasteiger partial charge in [0.05, 0.1) is 9.80 Å². The van der Waals surface area contributed by atoms with Crippen molar-refractivity contribution in [3.8, 4) is 0 Å². The summed E-state index contributed by atoms with van der Waals surface area (Å²) < 4.78 is 0. The summed E-state index contributed by atoms with van der Waals surface area (Å²) in [6.45, 7) is 2.53. The van der Waals surface area contributed by atoms with Crippen molar-refractivity contribution in [1.29, 1.82) is 0 Å². The lowest BCUT2D eigenvalue weighted by Gasteiger charge is -2.34. The van der Waals surface area contributed by atoms with Crippen molar-refractivity contribution in [3.63, 3.8) is 0 Å². The van der Waals surface area contributed by atoms with Crippen LogP contribution in [0.3, 0.4) is 0 Å². The van der Waals surface area contributed by atoms with Gasteiger partial charge < -0.3 is 10.2 Å².